The van der Waals surface area contributed by atoms with Gasteiger partial charge in [-0.15, -0.1) is 11.3 Å². The predicted octanol–water partition coefficient (Wildman–Crippen LogP) is 6.90. The van der Waals surface area contributed by atoms with Crippen LogP contribution in [0.25, 0.3) is 21.3 Å². The quantitative estimate of drug-likeness (QED) is 0.172. The minimum Gasteiger partial charge on any atom is -0.486 e. The number of amides is 2. The van der Waals surface area contributed by atoms with E-state index in [0.717, 1.165) is 29.9 Å². The molecule has 0 atom stereocenters. The highest BCUT2D eigenvalue weighted by Gasteiger charge is 2.27. The number of furan rings is 1. The molecule has 3 N–H and O–H groups in total. The van der Waals surface area contributed by atoms with E-state index < -0.39 is 23.9 Å². The molecule has 42 heavy (non-hydrogen) atoms. The van der Waals surface area contributed by atoms with Gasteiger partial charge in [0.15, 0.2) is 5.76 Å². The molecule has 0 bridgehead atoms. The molecule has 1 aromatic carbocycles. The molecule has 9 nitrogen and oxygen atoms in total. The van der Waals surface area contributed by atoms with Gasteiger partial charge in [0.25, 0.3) is 18.2 Å². The van der Waals surface area contributed by atoms with Gasteiger partial charge >= 0.3 is 0 Å². The fraction of sp³-hybridized carbons (Fsp3) is 0.267. The molecular weight excluding hydrogens is 564 g/mol. The number of thiophene rings is 1. The summed E-state index contributed by atoms with van der Waals surface area (Å²) >= 11 is 0.831. The maximum atomic E-state index is 13.8. The van der Waals surface area contributed by atoms with Gasteiger partial charge in [-0.2, -0.15) is 5.10 Å². The molecule has 0 radical (unpaired) electrons. The van der Waals surface area contributed by atoms with Crippen molar-refractivity contribution >= 4 is 39.1 Å². The van der Waals surface area contributed by atoms with Gasteiger partial charge in [0.2, 0.25) is 0 Å². The Labute approximate surface area is 244 Å². The maximum Gasteiger partial charge on any atom is 0.291 e. The summed E-state index contributed by atoms with van der Waals surface area (Å²) in [4.78, 5) is 29.9. The molecule has 5 aromatic rings. The first kappa shape index (κ1) is 28.9. The second-order valence-corrected chi connectivity index (χ2v) is 10.6. The van der Waals surface area contributed by atoms with Gasteiger partial charge in [-0.1, -0.05) is 25.5 Å². The zero-order valence-electron chi connectivity index (χ0n) is 23.2. The number of nitrogens with two attached hydrogens (primary N) is 1. The van der Waals surface area contributed by atoms with Gasteiger partial charge in [-0.3, -0.25) is 14.3 Å². The molecule has 0 unspecified atom stereocenters. The number of hydrogen-bond acceptors (Lipinski definition) is 7. The molecule has 0 fully saturated rings. The van der Waals surface area contributed by atoms with Gasteiger partial charge in [0.05, 0.1) is 11.9 Å². The summed E-state index contributed by atoms with van der Waals surface area (Å²) in [5, 5.41) is 7.36. The summed E-state index contributed by atoms with van der Waals surface area (Å²) in [6, 6.07) is 12.1. The lowest BCUT2D eigenvalue weighted by Crippen LogP contribution is -2.16. The van der Waals surface area contributed by atoms with Gasteiger partial charge in [0.1, 0.15) is 33.5 Å². The van der Waals surface area contributed by atoms with E-state index in [1.165, 1.54) is 17.7 Å². The Bertz CT molecular complexity index is 1760. The summed E-state index contributed by atoms with van der Waals surface area (Å²) in [6.07, 6.45) is 0.745. The number of aromatic nitrogens is 3. The summed E-state index contributed by atoms with van der Waals surface area (Å²) in [7, 11) is 0. The number of nitrogens with one attached hydrogen (secondary N) is 1. The van der Waals surface area contributed by atoms with Crippen LogP contribution >= 0.6 is 11.3 Å². The number of anilines is 1. The van der Waals surface area contributed by atoms with Crippen LogP contribution in [0.2, 0.25) is 0 Å². The molecule has 0 aliphatic heterocycles. The van der Waals surface area contributed by atoms with E-state index in [2.05, 4.69) is 22.3 Å². The molecule has 0 aliphatic carbocycles. The average Bonchev–Trinajstić information content (AvgIpc) is 3.69. The Morgan fingerprint density at radius 3 is 2.55 bits per heavy atom. The number of alkyl halides is 2. The number of rotatable bonds is 11. The standard InChI is InChI=1S/C30H29F2N5O4S/c1-4-6-17-7-9-18(10-8-17)40-15-19-11-12-23(41-19)29(39)36-25-24-20(21-14-34-37(5-2)16(21)3)13-22(27(31)32)35-30(24)42-26(25)28(33)38/h7-14,27H,4-6,15H2,1-3H3,(H2,33,38)(H,36,39). The fourth-order valence-electron chi connectivity index (χ4n) is 4.71. The van der Waals surface area contributed by atoms with Crippen molar-refractivity contribution < 1.29 is 27.5 Å². The van der Waals surface area contributed by atoms with E-state index in [4.69, 9.17) is 14.9 Å². The average molecular weight is 594 g/mol. The number of fused-ring (bicyclic) bond motifs is 1. The smallest absolute Gasteiger partial charge is 0.291 e. The van der Waals surface area contributed by atoms with Crippen LogP contribution < -0.4 is 15.8 Å². The molecular formula is C30H29F2N5O4S. The number of nitrogens with zero attached hydrogens (tertiary/aromatic N) is 3. The van der Waals surface area contributed by atoms with Crippen LogP contribution in [-0.2, 0) is 19.6 Å². The van der Waals surface area contributed by atoms with Crippen molar-refractivity contribution in [3.05, 3.63) is 82.0 Å². The number of hydrogen-bond donors (Lipinski definition) is 2. The second-order valence-electron chi connectivity index (χ2n) is 9.61. The van der Waals surface area contributed by atoms with Gasteiger partial charge in [-0.05, 0) is 61.7 Å². The largest absolute Gasteiger partial charge is 0.486 e. The van der Waals surface area contributed by atoms with Crippen molar-refractivity contribution in [2.45, 2.75) is 53.2 Å². The van der Waals surface area contributed by atoms with Crippen molar-refractivity contribution in [3.63, 3.8) is 0 Å². The first-order chi connectivity index (χ1) is 20.2. The van der Waals surface area contributed by atoms with Gasteiger partial charge < -0.3 is 20.2 Å². The Kier molecular flexibility index (Phi) is 8.34. The van der Waals surface area contributed by atoms with Crippen LogP contribution in [0, 0.1) is 6.92 Å². The zero-order chi connectivity index (χ0) is 30.0. The monoisotopic (exact) mass is 593 g/mol. The van der Waals surface area contributed by atoms with E-state index in [1.54, 1.807) is 16.9 Å². The highest BCUT2D eigenvalue weighted by molar-refractivity contribution is 7.21. The van der Waals surface area contributed by atoms with Crippen LogP contribution in [-0.4, -0.2) is 26.6 Å². The number of halogens is 2. The lowest BCUT2D eigenvalue weighted by molar-refractivity contribution is 0.0992. The van der Waals surface area contributed by atoms with Crippen molar-refractivity contribution in [3.8, 4) is 16.9 Å². The topological polar surface area (TPSA) is 125 Å². The third-order valence-electron chi connectivity index (χ3n) is 6.79. The van der Waals surface area contributed by atoms with Crippen molar-refractivity contribution in [1.29, 1.82) is 0 Å². The summed E-state index contributed by atoms with van der Waals surface area (Å²) in [5.74, 6) is -0.447. The Hall–Kier alpha value is -4.58. The van der Waals surface area contributed by atoms with E-state index in [9.17, 15) is 18.4 Å². The second kappa shape index (κ2) is 12.1. The van der Waals surface area contributed by atoms with Crippen molar-refractivity contribution in [1.82, 2.24) is 14.8 Å². The van der Waals surface area contributed by atoms with Gasteiger partial charge in [0, 0.05) is 23.2 Å². The van der Waals surface area contributed by atoms with Crippen LogP contribution in [0.3, 0.4) is 0 Å². The molecule has 5 rings (SSSR count). The van der Waals surface area contributed by atoms with Crippen LogP contribution in [0.4, 0.5) is 14.5 Å². The number of primary amides is 1. The zero-order valence-corrected chi connectivity index (χ0v) is 24.1. The third-order valence-corrected chi connectivity index (χ3v) is 7.89. The first-order valence-electron chi connectivity index (χ1n) is 13.4. The minimum atomic E-state index is -2.86. The van der Waals surface area contributed by atoms with E-state index in [0.29, 0.717) is 34.6 Å². The molecule has 218 valence electrons. The summed E-state index contributed by atoms with van der Waals surface area (Å²) in [5.41, 5.74) is 8.12. The summed E-state index contributed by atoms with van der Waals surface area (Å²) in [6.45, 7) is 6.50. The minimum absolute atomic E-state index is 0.0271. The lowest BCUT2D eigenvalue weighted by atomic mass is 10.0. The van der Waals surface area contributed by atoms with E-state index in [1.807, 2.05) is 38.1 Å². The third kappa shape index (κ3) is 5.75. The number of ether oxygens (including phenoxy) is 1. The molecule has 0 saturated heterocycles. The van der Waals surface area contributed by atoms with E-state index in [-0.39, 0.29) is 27.8 Å². The van der Waals surface area contributed by atoms with E-state index >= 15 is 0 Å². The normalized spacial score (nSPS) is 11.4. The molecule has 0 saturated carbocycles. The number of pyridine rings is 1. The van der Waals surface area contributed by atoms with Crippen LogP contribution in [0.15, 0.2) is 53.1 Å². The Morgan fingerprint density at radius 2 is 1.90 bits per heavy atom. The maximum absolute atomic E-state index is 13.8. The SMILES string of the molecule is CCCc1ccc(OCc2ccc(C(=O)Nc3c(C(N)=O)sc4nc(C(F)F)cc(-c5cnn(CC)c5C)c34)o2)cc1. The number of carbonyl (C=O) groups excluding carboxylic acids is 2. The Balaban J connectivity index is 1.46. The molecule has 2 amide bonds. The molecule has 0 spiro atoms. The predicted molar refractivity (Wildman–Crippen MR) is 156 cm³/mol. The fourth-order valence-corrected chi connectivity index (χ4v) is 5.73. The number of benzene rings is 1. The van der Waals surface area contributed by atoms with Crippen LogP contribution in [0.5, 0.6) is 5.75 Å². The molecule has 4 aromatic heterocycles. The van der Waals surface area contributed by atoms with Gasteiger partial charge in [-0.25, -0.2) is 13.8 Å². The summed E-state index contributed by atoms with van der Waals surface area (Å²) < 4.78 is 40.9. The molecule has 4 heterocycles. The lowest BCUT2D eigenvalue weighted by Gasteiger charge is -2.10. The molecule has 12 heteroatoms. The first-order valence-corrected chi connectivity index (χ1v) is 14.2. The van der Waals surface area contributed by atoms with Crippen molar-refractivity contribution in [2.75, 3.05) is 5.32 Å². The highest BCUT2D eigenvalue weighted by atomic mass is 32.1. The highest BCUT2D eigenvalue weighted by Crippen LogP contribution is 2.43. The van der Waals surface area contributed by atoms with Crippen molar-refractivity contribution in [2.24, 2.45) is 5.73 Å². The number of aryl methyl sites for hydroxylation is 2. The number of carbonyl (C=O) groups is 2. The molecule has 0 aliphatic rings. The van der Waals surface area contributed by atoms with Crippen LogP contribution in [0.1, 0.15) is 69.6 Å². The Morgan fingerprint density at radius 1 is 1.14 bits per heavy atom.